The Morgan fingerprint density at radius 3 is 2.09 bits per heavy atom. The quantitative estimate of drug-likeness (QED) is 0.194. The van der Waals surface area contributed by atoms with Crippen molar-refractivity contribution in [3.05, 3.63) is 130 Å². The van der Waals surface area contributed by atoms with E-state index in [0.29, 0.717) is 23.8 Å². The maximum atomic E-state index is 6.60. The fourth-order valence-electron chi connectivity index (χ4n) is 11.4. The molecule has 6 aliphatic carbocycles. The van der Waals surface area contributed by atoms with Crippen molar-refractivity contribution in [3.8, 4) is 0 Å². The Balaban J connectivity index is 1.08. The van der Waals surface area contributed by atoms with Crippen LogP contribution in [0, 0.1) is 17.8 Å². The van der Waals surface area contributed by atoms with Crippen LogP contribution in [0.3, 0.4) is 0 Å². The van der Waals surface area contributed by atoms with Crippen LogP contribution in [-0.4, -0.2) is 17.0 Å². The highest BCUT2D eigenvalue weighted by atomic mass is 16.3. The van der Waals surface area contributed by atoms with Crippen LogP contribution in [0.15, 0.2) is 116 Å². The first kappa shape index (κ1) is 31.8. The second kappa shape index (κ2) is 12.7. The first-order valence-corrected chi connectivity index (χ1v) is 20.7. The van der Waals surface area contributed by atoms with Crippen molar-refractivity contribution in [2.45, 2.75) is 102 Å². The molecule has 268 valence electrons. The van der Waals surface area contributed by atoms with Crippen LogP contribution in [0.5, 0.6) is 0 Å². The second-order valence-electron chi connectivity index (χ2n) is 16.6. The SMILES string of the molecule is CC1C2=C(CCC1C1=CCCCC1)C1CC(N(c3cccc4oc5c(c34)C=CCC5)c3cccc4oc5c(c34)C=CCC5)C=CC1N2C1=CC=CCC1. The first-order chi connectivity index (χ1) is 26.2. The Bertz CT molecular complexity index is 2250. The van der Waals surface area contributed by atoms with E-state index in [9.17, 15) is 0 Å². The number of hydrogen-bond donors (Lipinski definition) is 0. The number of hydrogen-bond acceptors (Lipinski definition) is 4. The van der Waals surface area contributed by atoms with Crippen molar-refractivity contribution in [2.75, 3.05) is 4.90 Å². The lowest BCUT2D eigenvalue weighted by molar-refractivity contribution is 0.271. The topological polar surface area (TPSA) is 32.8 Å². The minimum atomic E-state index is 0.173. The average molecular weight is 699 g/mol. The Kier molecular flexibility index (Phi) is 7.63. The molecule has 4 nitrogen and oxygen atoms in total. The van der Waals surface area contributed by atoms with Crippen molar-refractivity contribution in [2.24, 2.45) is 17.8 Å². The predicted octanol–water partition coefficient (Wildman–Crippen LogP) is 12.9. The zero-order valence-electron chi connectivity index (χ0n) is 31.0. The van der Waals surface area contributed by atoms with E-state index in [1.807, 2.05) is 0 Å². The Morgan fingerprint density at radius 2 is 1.43 bits per heavy atom. The van der Waals surface area contributed by atoms with Crippen LogP contribution in [0.2, 0.25) is 0 Å². The molecule has 0 radical (unpaired) electrons. The molecule has 5 atom stereocenters. The fraction of sp³-hybridized carbons (Fsp3) is 0.388. The zero-order valence-corrected chi connectivity index (χ0v) is 31.0. The van der Waals surface area contributed by atoms with Crippen LogP contribution in [0.25, 0.3) is 34.1 Å². The molecule has 1 aliphatic heterocycles. The summed E-state index contributed by atoms with van der Waals surface area (Å²) in [6.45, 7) is 2.57. The summed E-state index contributed by atoms with van der Waals surface area (Å²) in [4.78, 5) is 5.53. The third-order valence-corrected chi connectivity index (χ3v) is 13.7. The lowest BCUT2D eigenvalue weighted by Crippen LogP contribution is -2.41. The van der Waals surface area contributed by atoms with Crippen molar-refractivity contribution < 1.29 is 8.83 Å². The van der Waals surface area contributed by atoms with Gasteiger partial charge in [-0.3, -0.25) is 0 Å². The number of rotatable bonds is 5. The van der Waals surface area contributed by atoms with Crippen LogP contribution in [0.1, 0.15) is 100 Å². The van der Waals surface area contributed by atoms with Gasteiger partial charge < -0.3 is 18.6 Å². The highest BCUT2D eigenvalue weighted by Crippen LogP contribution is 2.55. The molecule has 0 fully saturated rings. The van der Waals surface area contributed by atoms with E-state index in [1.54, 1.807) is 16.8 Å². The molecular weight excluding hydrogens is 649 g/mol. The van der Waals surface area contributed by atoms with Gasteiger partial charge in [0.15, 0.2) is 0 Å². The molecule has 0 saturated carbocycles. The van der Waals surface area contributed by atoms with E-state index in [0.717, 1.165) is 67.6 Å². The van der Waals surface area contributed by atoms with Crippen molar-refractivity contribution in [1.82, 2.24) is 4.90 Å². The third-order valence-electron chi connectivity index (χ3n) is 13.7. The molecule has 11 rings (SSSR count). The third kappa shape index (κ3) is 5.00. The molecule has 0 N–H and O–H groups in total. The predicted molar refractivity (Wildman–Crippen MR) is 218 cm³/mol. The molecule has 3 heterocycles. The zero-order chi connectivity index (χ0) is 35.0. The van der Waals surface area contributed by atoms with Crippen molar-refractivity contribution in [3.63, 3.8) is 0 Å². The van der Waals surface area contributed by atoms with Crippen molar-refractivity contribution >= 4 is 45.5 Å². The molecule has 4 aromatic rings. The normalized spacial score (nSPS) is 27.5. The summed E-state index contributed by atoms with van der Waals surface area (Å²) in [5, 5.41) is 2.47. The number of nitrogens with zero attached hydrogens (tertiary/aromatic N) is 2. The van der Waals surface area contributed by atoms with Gasteiger partial charge in [0.2, 0.25) is 0 Å². The van der Waals surface area contributed by atoms with Crippen LogP contribution >= 0.6 is 0 Å². The maximum Gasteiger partial charge on any atom is 0.137 e. The number of fused-ring (bicyclic) bond motifs is 8. The van der Waals surface area contributed by atoms with Crippen molar-refractivity contribution in [1.29, 1.82) is 0 Å². The molecule has 7 aliphatic rings. The summed E-state index contributed by atoms with van der Waals surface area (Å²) in [7, 11) is 0. The van der Waals surface area contributed by atoms with Gasteiger partial charge in [-0.05, 0) is 112 Å². The van der Waals surface area contributed by atoms with Gasteiger partial charge in [-0.2, -0.15) is 0 Å². The molecule has 4 heteroatoms. The van der Waals surface area contributed by atoms with Gasteiger partial charge in [0, 0.05) is 47.2 Å². The Hall–Kier alpha value is -4.70. The fourth-order valence-corrected chi connectivity index (χ4v) is 11.4. The standard InChI is InChI=1S/C49H50N2O2/c1-31-35(32-14-4-2-5-15-32)27-28-36-39-30-34(26-29-40(39)51(49(31)36)33-16-6-3-7-17-33)50(41-20-12-24-45-47(41)37-18-8-10-22-43(37)52-45)42-21-13-25-46-48(42)38-19-9-11-23-44(38)53-46/h3,6,8-9,12-14,16,18-21,24-26,29,31,34-35,39-40H,2,4-5,7,10-11,15,17,22-23,27-28,30H2,1H3. The summed E-state index contributed by atoms with van der Waals surface area (Å²) in [5.74, 6) is 3.92. The molecule has 0 bridgehead atoms. The second-order valence-corrected chi connectivity index (χ2v) is 16.6. The highest BCUT2D eigenvalue weighted by Gasteiger charge is 2.49. The summed E-state index contributed by atoms with van der Waals surface area (Å²) in [5.41, 5.74) is 13.6. The molecule has 2 aromatic carbocycles. The largest absolute Gasteiger partial charge is 0.460 e. The summed E-state index contributed by atoms with van der Waals surface area (Å²) >= 11 is 0. The van der Waals surface area contributed by atoms with E-state index in [1.165, 1.54) is 77.5 Å². The van der Waals surface area contributed by atoms with E-state index in [4.69, 9.17) is 8.83 Å². The van der Waals surface area contributed by atoms with Gasteiger partial charge in [-0.25, -0.2) is 0 Å². The van der Waals surface area contributed by atoms with Crippen LogP contribution < -0.4 is 4.90 Å². The number of furan rings is 2. The van der Waals surface area contributed by atoms with E-state index >= 15 is 0 Å². The molecular formula is C49H50N2O2. The van der Waals surface area contributed by atoms with E-state index in [2.05, 4.69) is 114 Å². The number of allylic oxidation sites excluding steroid dienone is 9. The van der Waals surface area contributed by atoms with Gasteiger partial charge in [-0.15, -0.1) is 0 Å². The molecule has 5 unspecified atom stereocenters. The minimum absolute atomic E-state index is 0.173. The van der Waals surface area contributed by atoms with Gasteiger partial charge in [0.1, 0.15) is 22.7 Å². The Labute approximate surface area is 313 Å². The first-order valence-electron chi connectivity index (χ1n) is 20.7. The highest BCUT2D eigenvalue weighted by molar-refractivity contribution is 6.06. The number of benzene rings is 2. The minimum Gasteiger partial charge on any atom is -0.460 e. The molecule has 0 amide bonds. The lowest BCUT2D eigenvalue weighted by atomic mass is 9.70. The molecule has 0 saturated heterocycles. The average Bonchev–Trinajstić information content (AvgIpc) is 3.89. The van der Waals surface area contributed by atoms with Crippen LogP contribution in [-0.2, 0) is 12.8 Å². The smallest absolute Gasteiger partial charge is 0.137 e. The summed E-state index contributed by atoms with van der Waals surface area (Å²) in [6, 6.07) is 14.0. The number of aryl methyl sites for hydroxylation is 2. The molecule has 0 spiro atoms. The summed E-state index contributed by atoms with van der Waals surface area (Å²) in [6.07, 6.45) is 39.2. The maximum absolute atomic E-state index is 6.60. The van der Waals surface area contributed by atoms with E-state index < -0.39 is 0 Å². The lowest BCUT2D eigenvalue weighted by Gasteiger charge is -2.41. The van der Waals surface area contributed by atoms with E-state index in [-0.39, 0.29) is 6.04 Å². The molecule has 2 aromatic heterocycles. The Morgan fingerprint density at radius 1 is 0.717 bits per heavy atom. The van der Waals surface area contributed by atoms with Crippen LogP contribution in [0.4, 0.5) is 11.4 Å². The van der Waals surface area contributed by atoms with Gasteiger partial charge in [0.05, 0.1) is 34.2 Å². The van der Waals surface area contributed by atoms with Gasteiger partial charge >= 0.3 is 0 Å². The molecule has 53 heavy (non-hydrogen) atoms. The summed E-state index contributed by atoms with van der Waals surface area (Å²) < 4.78 is 13.2. The van der Waals surface area contributed by atoms with Gasteiger partial charge in [-0.1, -0.05) is 79.3 Å². The number of anilines is 2. The van der Waals surface area contributed by atoms with Gasteiger partial charge in [0.25, 0.3) is 0 Å². The monoisotopic (exact) mass is 698 g/mol.